The molecule has 0 aliphatic rings. The van der Waals surface area contributed by atoms with E-state index in [-0.39, 0.29) is 12.5 Å². The van der Waals surface area contributed by atoms with Crippen LogP contribution in [0.2, 0.25) is 0 Å². The van der Waals surface area contributed by atoms with Crippen molar-refractivity contribution in [3.8, 4) is 0 Å². The fourth-order valence-corrected chi connectivity index (χ4v) is 5.30. The third-order valence-electron chi connectivity index (χ3n) is 7.41. The summed E-state index contributed by atoms with van der Waals surface area (Å²) >= 11 is 0. The Balaban J connectivity index is 4.68. The standard InChI is InChI=1S/C34H67N2O6P/c1-6-8-10-12-14-16-17-18-20-21-23-25-27-33(37)32(31-42-43(39,40)41-30-29-36(3,4)5)35-34(38)28-26-24-22-19-15-13-11-9-7-2/h18,20,25,27,32-33,37H,6-17,19,21-24,26,28-31H2,1-5H3,(H-,35,38,39,40)/b20-18+,27-25+/t32-,33+/m0/s1. The highest BCUT2D eigenvalue weighted by atomic mass is 31.2. The molecule has 0 aromatic carbocycles. The van der Waals surface area contributed by atoms with Gasteiger partial charge in [-0.1, -0.05) is 122 Å². The van der Waals surface area contributed by atoms with Crippen molar-refractivity contribution in [3.63, 3.8) is 0 Å². The average Bonchev–Trinajstić information content (AvgIpc) is 2.94. The second-order valence-electron chi connectivity index (χ2n) is 12.9. The monoisotopic (exact) mass is 630 g/mol. The first-order valence-corrected chi connectivity index (χ1v) is 18.7. The number of nitrogens with zero attached hydrogens (tertiary/aromatic N) is 1. The van der Waals surface area contributed by atoms with E-state index < -0.39 is 26.6 Å². The SMILES string of the molecule is CCCCCCCC/C=C/CC/C=C/[C@@H](O)[C@H](COP(=O)([O-])OCC[N+](C)(C)C)NC(=O)CCCCCCCCCCC. The summed E-state index contributed by atoms with van der Waals surface area (Å²) in [7, 11) is 1.24. The van der Waals surface area contributed by atoms with Crippen LogP contribution in [0.4, 0.5) is 0 Å². The lowest BCUT2D eigenvalue weighted by Crippen LogP contribution is -2.45. The number of aliphatic hydroxyl groups is 1. The van der Waals surface area contributed by atoms with Crippen molar-refractivity contribution >= 4 is 13.7 Å². The molecule has 0 aromatic rings. The summed E-state index contributed by atoms with van der Waals surface area (Å²) in [5.74, 6) is -0.215. The molecule has 43 heavy (non-hydrogen) atoms. The Morgan fingerprint density at radius 1 is 0.791 bits per heavy atom. The highest BCUT2D eigenvalue weighted by Gasteiger charge is 2.23. The van der Waals surface area contributed by atoms with Gasteiger partial charge in [-0.2, -0.15) is 0 Å². The zero-order valence-corrected chi connectivity index (χ0v) is 29.3. The number of hydrogen-bond acceptors (Lipinski definition) is 6. The molecule has 254 valence electrons. The molecule has 0 aliphatic carbocycles. The summed E-state index contributed by atoms with van der Waals surface area (Å²) in [5, 5.41) is 13.6. The maximum atomic E-state index is 12.7. The molecular formula is C34H67N2O6P. The number of carbonyl (C=O) groups excluding carboxylic acids is 1. The predicted octanol–water partition coefficient (Wildman–Crippen LogP) is 7.60. The Morgan fingerprint density at radius 2 is 1.30 bits per heavy atom. The topological polar surface area (TPSA) is 108 Å². The van der Waals surface area contributed by atoms with Crippen LogP contribution >= 0.6 is 7.82 Å². The molecule has 1 amide bonds. The zero-order chi connectivity index (χ0) is 32.2. The molecule has 0 aliphatic heterocycles. The molecule has 0 fully saturated rings. The van der Waals surface area contributed by atoms with Crippen LogP contribution in [-0.2, 0) is 18.4 Å². The average molecular weight is 631 g/mol. The normalized spacial score (nSPS) is 15.2. The molecule has 0 spiro atoms. The molecule has 2 N–H and O–H groups in total. The van der Waals surface area contributed by atoms with Gasteiger partial charge in [-0.15, -0.1) is 0 Å². The van der Waals surface area contributed by atoms with E-state index in [4.69, 9.17) is 9.05 Å². The van der Waals surface area contributed by atoms with Gasteiger partial charge in [0.2, 0.25) is 5.91 Å². The van der Waals surface area contributed by atoms with Gasteiger partial charge in [-0.3, -0.25) is 9.36 Å². The number of carbonyl (C=O) groups is 1. The number of nitrogens with one attached hydrogen (secondary N) is 1. The first-order valence-electron chi connectivity index (χ1n) is 17.2. The molecule has 0 rings (SSSR count). The van der Waals surface area contributed by atoms with Gasteiger partial charge < -0.3 is 28.8 Å². The lowest BCUT2D eigenvalue weighted by atomic mass is 10.1. The number of likely N-dealkylation sites (N-methyl/N-ethyl adjacent to an activating group) is 1. The first kappa shape index (κ1) is 42.0. The quantitative estimate of drug-likeness (QED) is 0.0366. The van der Waals surface area contributed by atoms with Gasteiger partial charge in [0.1, 0.15) is 13.2 Å². The molecule has 3 atom stereocenters. The minimum absolute atomic E-state index is 0.00522. The number of allylic oxidation sites excluding steroid dienone is 3. The van der Waals surface area contributed by atoms with Crippen molar-refractivity contribution < 1.29 is 32.9 Å². The van der Waals surface area contributed by atoms with Gasteiger partial charge in [0.15, 0.2) is 0 Å². The summed E-state index contributed by atoms with van der Waals surface area (Å²) in [4.78, 5) is 25.0. The summed E-state index contributed by atoms with van der Waals surface area (Å²) in [5.41, 5.74) is 0. The lowest BCUT2D eigenvalue weighted by Gasteiger charge is -2.29. The van der Waals surface area contributed by atoms with E-state index in [2.05, 4.69) is 31.3 Å². The van der Waals surface area contributed by atoms with Crippen molar-refractivity contribution in [2.24, 2.45) is 0 Å². The maximum Gasteiger partial charge on any atom is 0.268 e. The smallest absolute Gasteiger partial charge is 0.268 e. The fourth-order valence-electron chi connectivity index (χ4n) is 4.58. The van der Waals surface area contributed by atoms with Crippen LogP contribution in [0.5, 0.6) is 0 Å². The van der Waals surface area contributed by atoms with Crippen LogP contribution in [0, 0.1) is 0 Å². The second-order valence-corrected chi connectivity index (χ2v) is 14.3. The third-order valence-corrected chi connectivity index (χ3v) is 8.38. The molecule has 0 aromatic heterocycles. The number of quaternary nitrogens is 1. The molecule has 0 bridgehead atoms. The fraction of sp³-hybridized carbons (Fsp3) is 0.853. The van der Waals surface area contributed by atoms with E-state index >= 15 is 0 Å². The van der Waals surface area contributed by atoms with Crippen LogP contribution in [0.1, 0.15) is 136 Å². The van der Waals surface area contributed by atoms with Crippen molar-refractivity contribution in [1.29, 1.82) is 0 Å². The molecule has 0 heterocycles. The molecule has 0 saturated carbocycles. The van der Waals surface area contributed by atoms with Crippen molar-refractivity contribution in [1.82, 2.24) is 5.32 Å². The van der Waals surface area contributed by atoms with Crippen LogP contribution in [-0.4, -0.2) is 68.5 Å². The number of rotatable bonds is 30. The van der Waals surface area contributed by atoms with Crippen LogP contribution in [0.15, 0.2) is 24.3 Å². The van der Waals surface area contributed by atoms with Crippen molar-refractivity contribution in [2.45, 2.75) is 148 Å². The van der Waals surface area contributed by atoms with Crippen molar-refractivity contribution in [3.05, 3.63) is 24.3 Å². The third kappa shape index (κ3) is 29.5. The number of phosphoric acid groups is 1. The number of amides is 1. The summed E-state index contributed by atoms with van der Waals surface area (Å²) in [6.45, 7) is 4.55. The number of hydrogen-bond donors (Lipinski definition) is 2. The van der Waals surface area contributed by atoms with Crippen LogP contribution in [0.3, 0.4) is 0 Å². The Labute approximate surface area is 264 Å². The largest absolute Gasteiger partial charge is 0.756 e. The molecular weight excluding hydrogens is 563 g/mol. The highest BCUT2D eigenvalue weighted by Crippen LogP contribution is 2.38. The molecule has 9 heteroatoms. The van der Waals surface area contributed by atoms with E-state index in [9.17, 15) is 19.4 Å². The molecule has 1 unspecified atom stereocenters. The Kier molecular flexibility index (Phi) is 26.7. The molecule has 8 nitrogen and oxygen atoms in total. The Bertz CT molecular complexity index is 768. The van der Waals surface area contributed by atoms with Crippen LogP contribution in [0.25, 0.3) is 0 Å². The minimum Gasteiger partial charge on any atom is -0.756 e. The zero-order valence-electron chi connectivity index (χ0n) is 28.4. The van der Waals surface area contributed by atoms with Crippen molar-refractivity contribution in [2.75, 3.05) is 40.9 Å². The molecule has 0 saturated heterocycles. The predicted molar refractivity (Wildman–Crippen MR) is 178 cm³/mol. The number of phosphoric ester groups is 1. The van der Waals surface area contributed by atoms with Gasteiger partial charge in [-0.25, -0.2) is 0 Å². The Morgan fingerprint density at radius 3 is 1.88 bits per heavy atom. The Hall–Kier alpha value is -1.02. The van der Waals surface area contributed by atoms with Gasteiger partial charge in [0.25, 0.3) is 7.82 Å². The second kappa shape index (κ2) is 27.3. The summed E-state index contributed by atoms with van der Waals surface area (Å²) in [6, 6.07) is -0.894. The van der Waals surface area contributed by atoms with Gasteiger partial charge in [0.05, 0.1) is 39.9 Å². The maximum absolute atomic E-state index is 12.7. The first-order chi connectivity index (χ1) is 20.5. The van der Waals surface area contributed by atoms with E-state index in [0.717, 1.165) is 38.5 Å². The highest BCUT2D eigenvalue weighted by molar-refractivity contribution is 7.45. The number of unbranched alkanes of at least 4 members (excludes halogenated alkanes) is 15. The summed E-state index contributed by atoms with van der Waals surface area (Å²) < 4.78 is 22.9. The summed E-state index contributed by atoms with van der Waals surface area (Å²) in [6.07, 6.45) is 28.0. The van der Waals surface area contributed by atoms with Gasteiger partial charge in [0, 0.05) is 6.42 Å². The van der Waals surface area contributed by atoms with Gasteiger partial charge in [-0.05, 0) is 32.1 Å². The number of aliphatic hydroxyl groups excluding tert-OH is 1. The minimum atomic E-state index is -4.57. The lowest BCUT2D eigenvalue weighted by molar-refractivity contribution is -0.870. The van der Waals surface area contributed by atoms with E-state index in [1.165, 1.54) is 77.0 Å². The van der Waals surface area contributed by atoms with Gasteiger partial charge >= 0.3 is 0 Å². The van der Waals surface area contributed by atoms with E-state index in [0.29, 0.717) is 17.4 Å². The van der Waals surface area contributed by atoms with E-state index in [1.54, 1.807) is 6.08 Å². The van der Waals surface area contributed by atoms with E-state index in [1.807, 2.05) is 27.2 Å². The van der Waals surface area contributed by atoms with Crippen LogP contribution < -0.4 is 10.2 Å². The molecule has 0 radical (unpaired) electrons.